The van der Waals surface area contributed by atoms with Crippen LogP contribution in [0.5, 0.6) is 0 Å². The summed E-state index contributed by atoms with van der Waals surface area (Å²) in [5.74, 6) is -0.0661. The minimum Gasteiger partial charge on any atom is -0.273 e. The van der Waals surface area contributed by atoms with Gasteiger partial charge in [-0.3, -0.25) is 4.79 Å². The van der Waals surface area contributed by atoms with Gasteiger partial charge in [-0.25, -0.2) is 5.43 Å². The molecule has 0 fully saturated rings. The molecule has 70 valence electrons. The summed E-state index contributed by atoms with van der Waals surface area (Å²) in [7, 11) is 0. The molecule has 1 aromatic heterocycles. The van der Waals surface area contributed by atoms with Crippen LogP contribution in [0.4, 0.5) is 0 Å². The molecule has 0 saturated heterocycles. The van der Waals surface area contributed by atoms with Crippen molar-refractivity contribution in [1.29, 1.82) is 0 Å². The molecule has 0 radical (unpaired) electrons. The number of rotatable bonds is 3. The molecule has 1 rings (SSSR count). The van der Waals surface area contributed by atoms with Crippen LogP contribution in [0.15, 0.2) is 22.6 Å². The largest absolute Gasteiger partial charge is 0.273 e. The van der Waals surface area contributed by atoms with E-state index >= 15 is 0 Å². The van der Waals surface area contributed by atoms with Gasteiger partial charge in [0.2, 0.25) is 5.91 Å². The Morgan fingerprint density at radius 3 is 2.92 bits per heavy atom. The molecule has 0 aliphatic heterocycles. The van der Waals surface area contributed by atoms with Gasteiger partial charge in [-0.1, -0.05) is 6.07 Å². The molecule has 3 nitrogen and oxygen atoms in total. The molecule has 1 N–H and O–H groups in total. The lowest BCUT2D eigenvalue weighted by molar-refractivity contribution is -0.120. The minimum absolute atomic E-state index is 0.0661. The highest BCUT2D eigenvalue weighted by atomic mass is 32.1. The maximum absolute atomic E-state index is 11.2. The quantitative estimate of drug-likeness (QED) is 0.581. The predicted molar refractivity (Wildman–Crippen MR) is 54.9 cm³/mol. The fraction of sp³-hybridized carbons (Fsp3) is 0.333. The number of hydrazone groups is 1. The summed E-state index contributed by atoms with van der Waals surface area (Å²) in [5, 5.41) is 5.78. The monoisotopic (exact) mass is 196 g/mol. The molecular weight excluding hydrogens is 184 g/mol. The zero-order valence-corrected chi connectivity index (χ0v) is 8.52. The zero-order chi connectivity index (χ0) is 9.68. The summed E-state index contributed by atoms with van der Waals surface area (Å²) in [5.41, 5.74) is 3.32. The number of thiophene rings is 1. The van der Waals surface area contributed by atoms with E-state index in [9.17, 15) is 4.79 Å². The highest BCUT2D eigenvalue weighted by Gasteiger charge is 2.01. The van der Waals surface area contributed by atoms with Crippen LogP contribution in [0.1, 0.15) is 18.7 Å². The van der Waals surface area contributed by atoms with E-state index in [1.807, 2.05) is 31.4 Å². The molecule has 0 aliphatic rings. The van der Waals surface area contributed by atoms with Crippen LogP contribution in [0.25, 0.3) is 0 Å². The summed E-state index contributed by atoms with van der Waals surface area (Å²) in [6, 6.07) is 3.87. The lowest BCUT2D eigenvalue weighted by Gasteiger charge is -1.97. The molecule has 4 heteroatoms. The first-order valence-electron chi connectivity index (χ1n) is 4.00. The van der Waals surface area contributed by atoms with Crippen molar-refractivity contribution in [3.8, 4) is 0 Å². The molecule has 1 amide bonds. The second-order valence-corrected chi connectivity index (χ2v) is 3.88. The van der Waals surface area contributed by atoms with E-state index in [4.69, 9.17) is 0 Å². The van der Waals surface area contributed by atoms with Crippen LogP contribution in [0, 0.1) is 0 Å². The normalized spacial score (nSPS) is 9.38. The second-order valence-electron chi connectivity index (χ2n) is 2.85. The van der Waals surface area contributed by atoms with Gasteiger partial charge in [-0.05, 0) is 25.3 Å². The number of hydrogen-bond acceptors (Lipinski definition) is 3. The Bertz CT molecular complexity index is 299. The summed E-state index contributed by atoms with van der Waals surface area (Å²) in [6.45, 7) is 3.68. The Kier molecular flexibility index (Phi) is 3.64. The van der Waals surface area contributed by atoms with Crippen LogP contribution in [-0.2, 0) is 11.2 Å². The van der Waals surface area contributed by atoms with Crippen LogP contribution in [0.2, 0.25) is 0 Å². The van der Waals surface area contributed by atoms with Crippen LogP contribution in [0.3, 0.4) is 0 Å². The van der Waals surface area contributed by atoms with Crippen molar-refractivity contribution in [1.82, 2.24) is 5.43 Å². The molecule has 13 heavy (non-hydrogen) atoms. The Balaban J connectivity index is 2.39. The fourth-order valence-electron chi connectivity index (χ4n) is 0.785. The third-order valence-electron chi connectivity index (χ3n) is 1.32. The van der Waals surface area contributed by atoms with Gasteiger partial charge in [0.25, 0.3) is 0 Å². The number of amides is 1. The first-order valence-corrected chi connectivity index (χ1v) is 4.88. The Morgan fingerprint density at radius 1 is 1.62 bits per heavy atom. The fourth-order valence-corrected chi connectivity index (χ4v) is 1.49. The third-order valence-corrected chi connectivity index (χ3v) is 2.20. The van der Waals surface area contributed by atoms with Crippen molar-refractivity contribution in [2.75, 3.05) is 0 Å². The van der Waals surface area contributed by atoms with Crippen molar-refractivity contribution in [2.24, 2.45) is 5.10 Å². The van der Waals surface area contributed by atoms with Gasteiger partial charge in [0, 0.05) is 10.6 Å². The molecule has 0 saturated carbocycles. The molecule has 0 unspecified atom stereocenters. The molecular formula is C9H12N2OS. The number of carbonyl (C=O) groups is 1. The van der Waals surface area contributed by atoms with Crippen LogP contribution < -0.4 is 5.43 Å². The van der Waals surface area contributed by atoms with Gasteiger partial charge in [-0.15, -0.1) is 11.3 Å². The molecule has 0 aliphatic carbocycles. The molecule has 0 aromatic carbocycles. The Morgan fingerprint density at radius 2 is 2.38 bits per heavy atom. The molecule has 1 aromatic rings. The average Bonchev–Trinajstić information content (AvgIpc) is 2.53. The summed E-state index contributed by atoms with van der Waals surface area (Å²) in [6.07, 6.45) is 0.411. The van der Waals surface area contributed by atoms with Crippen molar-refractivity contribution < 1.29 is 4.79 Å². The third kappa shape index (κ3) is 3.85. The van der Waals surface area contributed by atoms with E-state index in [2.05, 4.69) is 10.5 Å². The van der Waals surface area contributed by atoms with Gasteiger partial charge < -0.3 is 0 Å². The van der Waals surface area contributed by atoms with E-state index in [0.717, 1.165) is 10.6 Å². The van der Waals surface area contributed by atoms with Crippen molar-refractivity contribution >= 4 is 23.0 Å². The lowest BCUT2D eigenvalue weighted by atomic mass is 10.3. The van der Waals surface area contributed by atoms with Crippen molar-refractivity contribution in [2.45, 2.75) is 20.3 Å². The van der Waals surface area contributed by atoms with E-state index in [-0.39, 0.29) is 5.91 Å². The van der Waals surface area contributed by atoms with Gasteiger partial charge >= 0.3 is 0 Å². The van der Waals surface area contributed by atoms with Gasteiger partial charge in [0.05, 0.1) is 6.42 Å². The highest BCUT2D eigenvalue weighted by molar-refractivity contribution is 7.10. The van der Waals surface area contributed by atoms with E-state index in [0.29, 0.717) is 6.42 Å². The number of nitrogens with zero attached hydrogens (tertiary/aromatic N) is 1. The smallest absolute Gasteiger partial charge is 0.245 e. The van der Waals surface area contributed by atoms with Gasteiger partial charge in [0.15, 0.2) is 0 Å². The average molecular weight is 196 g/mol. The number of carbonyl (C=O) groups excluding carboxylic acids is 1. The second kappa shape index (κ2) is 4.77. The summed E-state index contributed by atoms with van der Waals surface area (Å²) >= 11 is 1.58. The maximum atomic E-state index is 11.2. The predicted octanol–water partition coefficient (Wildman–Crippen LogP) is 1.80. The first kappa shape index (κ1) is 9.92. The zero-order valence-electron chi connectivity index (χ0n) is 7.70. The summed E-state index contributed by atoms with van der Waals surface area (Å²) < 4.78 is 0. The van der Waals surface area contributed by atoms with Crippen molar-refractivity contribution in [3.63, 3.8) is 0 Å². The first-order chi connectivity index (χ1) is 6.18. The van der Waals surface area contributed by atoms with Gasteiger partial charge in [0.1, 0.15) is 0 Å². The van der Waals surface area contributed by atoms with E-state index < -0.39 is 0 Å². The van der Waals surface area contributed by atoms with E-state index in [1.54, 1.807) is 11.3 Å². The Labute approximate surface area is 81.5 Å². The van der Waals surface area contributed by atoms with Gasteiger partial charge in [-0.2, -0.15) is 5.10 Å². The lowest BCUT2D eigenvalue weighted by Crippen LogP contribution is -2.19. The topological polar surface area (TPSA) is 41.5 Å². The molecule has 1 heterocycles. The molecule has 0 bridgehead atoms. The maximum Gasteiger partial charge on any atom is 0.245 e. The summed E-state index contributed by atoms with van der Waals surface area (Å²) in [4.78, 5) is 12.3. The van der Waals surface area contributed by atoms with Crippen LogP contribution in [-0.4, -0.2) is 11.6 Å². The van der Waals surface area contributed by atoms with Crippen LogP contribution >= 0.6 is 11.3 Å². The number of hydrogen-bond donors (Lipinski definition) is 1. The Hall–Kier alpha value is -1.16. The minimum atomic E-state index is -0.0661. The molecule has 0 spiro atoms. The SMILES string of the molecule is CC(C)=NNC(=O)Cc1cccs1. The van der Waals surface area contributed by atoms with E-state index in [1.165, 1.54) is 0 Å². The number of nitrogens with one attached hydrogen (secondary N) is 1. The standard InChI is InChI=1S/C9H12N2OS/c1-7(2)10-11-9(12)6-8-4-3-5-13-8/h3-5H,6H2,1-2H3,(H,11,12). The van der Waals surface area contributed by atoms with Crippen molar-refractivity contribution in [3.05, 3.63) is 22.4 Å². The highest BCUT2D eigenvalue weighted by Crippen LogP contribution is 2.08. The molecule has 0 atom stereocenters.